The van der Waals surface area contributed by atoms with Gasteiger partial charge in [0.1, 0.15) is 0 Å². The van der Waals surface area contributed by atoms with E-state index in [1.54, 1.807) is 4.90 Å². The van der Waals surface area contributed by atoms with Crippen LogP contribution < -0.4 is 10.9 Å². The van der Waals surface area contributed by atoms with Gasteiger partial charge in [-0.2, -0.15) is 0 Å². The van der Waals surface area contributed by atoms with E-state index in [0.29, 0.717) is 23.7 Å². The van der Waals surface area contributed by atoms with E-state index in [4.69, 9.17) is 4.74 Å². The number of carboxylic acid groups (broad SMARTS) is 1. The molecule has 1 unspecified atom stereocenters. The van der Waals surface area contributed by atoms with Crippen LogP contribution in [-0.4, -0.2) is 72.2 Å². The molecule has 3 N–H and O–H groups in total. The number of fused-ring (bicyclic) bond motifs is 5. The molecule has 1 atom stereocenters. The zero-order valence-electron chi connectivity index (χ0n) is 16.5. The van der Waals surface area contributed by atoms with Crippen molar-refractivity contribution < 1.29 is 19.4 Å². The van der Waals surface area contributed by atoms with Crippen LogP contribution in [0.1, 0.15) is 42.7 Å². The van der Waals surface area contributed by atoms with Crippen LogP contribution in [0.25, 0.3) is 0 Å². The minimum Gasteiger partial charge on any atom is -0.479 e. The van der Waals surface area contributed by atoms with E-state index in [2.05, 4.69) is 15.8 Å². The molecule has 5 aliphatic rings. The van der Waals surface area contributed by atoms with Gasteiger partial charge in [0, 0.05) is 51.0 Å². The zero-order valence-corrected chi connectivity index (χ0v) is 16.5. The van der Waals surface area contributed by atoms with Crippen LogP contribution in [0.5, 0.6) is 0 Å². The van der Waals surface area contributed by atoms with Gasteiger partial charge in [0.05, 0.1) is 5.69 Å². The average molecular weight is 400 g/mol. The largest absolute Gasteiger partial charge is 0.479 e. The molecular weight excluding hydrogens is 372 g/mol. The number of hydrazine groups is 1. The number of carbonyl (C=O) groups is 2. The van der Waals surface area contributed by atoms with Gasteiger partial charge in [-0.25, -0.2) is 10.2 Å². The van der Waals surface area contributed by atoms with Gasteiger partial charge in [-0.05, 0) is 43.2 Å². The van der Waals surface area contributed by atoms with Crippen LogP contribution in [0.15, 0.2) is 18.2 Å². The van der Waals surface area contributed by atoms with Crippen LogP contribution in [0.4, 0.5) is 5.69 Å². The Bertz CT molecular complexity index is 817. The number of hydrogen-bond acceptors (Lipinski definition) is 6. The molecule has 1 aromatic rings. The third-order valence-electron chi connectivity index (χ3n) is 7.08. The topological polar surface area (TPSA) is 94.1 Å². The van der Waals surface area contributed by atoms with Crippen LogP contribution in [0, 0.1) is 0 Å². The minimum absolute atomic E-state index is 0.116. The summed E-state index contributed by atoms with van der Waals surface area (Å²) in [6.45, 7) is 4.84. The zero-order chi connectivity index (χ0) is 20.0. The number of carbonyl (C=O) groups excluding carboxylic acids is 1. The quantitative estimate of drug-likeness (QED) is 0.654. The SMILES string of the molecule is O=C(O)C1(C(=O)N2CCN3CCC2CC3)NNc2cc(C3CCOCC3)ccc21. The van der Waals surface area contributed by atoms with Gasteiger partial charge in [0.25, 0.3) is 5.91 Å². The number of anilines is 1. The lowest BCUT2D eigenvalue weighted by molar-refractivity contribution is -0.156. The molecule has 1 aromatic carbocycles. The maximum absolute atomic E-state index is 13.7. The molecular formula is C21H28N4O4. The summed E-state index contributed by atoms with van der Waals surface area (Å²) in [5.41, 5.74) is 6.45. The molecule has 0 aromatic heterocycles. The second-order valence-corrected chi connectivity index (χ2v) is 8.57. The summed E-state index contributed by atoms with van der Waals surface area (Å²) >= 11 is 0. The first-order chi connectivity index (χ1) is 14.1. The molecule has 2 bridgehead atoms. The molecule has 4 saturated heterocycles. The molecule has 5 heterocycles. The van der Waals surface area contributed by atoms with E-state index >= 15 is 0 Å². The van der Waals surface area contributed by atoms with Crippen molar-refractivity contribution in [3.05, 3.63) is 29.3 Å². The molecule has 0 radical (unpaired) electrons. The predicted octanol–water partition coefficient (Wildman–Crippen LogP) is 1.10. The Kier molecular flexibility index (Phi) is 4.72. The lowest BCUT2D eigenvalue weighted by Crippen LogP contribution is -2.60. The van der Waals surface area contributed by atoms with Crippen LogP contribution in [0.3, 0.4) is 0 Å². The molecule has 156 valence electrons. The van der Waals surface area contributed by atoms with Crippen molar-refractivity contribution in [1.82, 2.24) is 15.2 Å². The highest BCUT2D eigenvalue weighted by Crippen LogP contribution is 2.40. The Labute approximate surface area is 170 Å². The average Bonchev–Trinajstić information content (AvgIpc) is 2.89. The summed E-state index contributed by atoms with van der Waals surface area (Å²) in [4.78, 5) is 30.3. The van der Waals surface area contributed by atoms with Crippen molar-refractivity contribution in [2.24, 2.45) is 0 Å². The summed E-state index contributed by atoms with van der Waals surface area (Å²) in [5, 5.41) is 10.2. The highest BCUT2D eigenvalue weighted by atomic mass is 16.5. The van der Waals surface area contributed by atoms with Gasteiger partial charge in [0.2, 0.25) is 5.54 Å². The number of ether oxygens (including phenoxy) is 1. The van der Waals surface area contributed by atoms with Gasteiger partial charge in [0.15, 0.2) is 0 Å². The number of benzene rings is 1. The van der Waals surface area contributed by atoms with E-state index in [0.717, 1.165) is 64.1 Å². The van der Waals surface area contributed by atoms with E-state index in [-0.39, 0.29) is 11.9 Å². The molecule has 6 rings (SSSR count). The minimum atomic E-state index is -1.78. The first kappa shape index (κ1) is 18.8. The molecule has 8 heteroatoms. The van der Waals surface area contributed by atoms with Crippen molar-refractivity contribution in [3.8, 4) is 0 Å². The number of amides is 1. The van der Waals surface area contributed by atoms with Crippen LogP contribution in [-0.2, 0) is 19.9 Å². The Morgan fingerprint density at radius 3 is 2.55 bits per heavy atom. The highest BCUT2D eigenvalue weighted by Gasteiger charge is 2.56. The Morgan fingerprint density at radius 1 is 1.07 bits per heavy atom. The highest BCUT2D eigenvalue weighted by molar-refractivity contribution is 6.10. The summed E-state index contributed by atoms with van der Waals surface area (Å²) in [7, 11) is 0. The number of hydrogen-bond donors (Lipinski definition) is 3. The van der Waals surface area contributed by atoms with Crippen molar-refractivity contribution in [2.45, 2.75) is 43.2 Å². The number of carboxylic acids is 1. The third kappa shape index (κ3) is 3.01. The fourth-order valence-corrected chi connectivity index (χ4v) is 5.30. The fraction of sp³-hybridized carbons (Fsp3) is 0.619. The maximum Gasteiger partial charge on any atom is 0.340 e. The second-order valence-electron chi connectivity index (χ2n) is 8.57. The first-order valence-corrected chi connectivity index (χ1v) is 10.6. The van der Waals surface area contributed by atoms with E-state index in [9.17, 15) is 14.7 Å². The molecule has 1 amide bonds. The molecule has 0 spiro atoms. The number of nitrogens with zero attached hydrogens (tertiary/aromatic N) is 2. The van der Waals surface area contributed by atoms with Crippen molar-refractivity contribution in [2.75, 3.05) is 44.8 Å². The number of piperidine rings is 1. The fourth-order valence-electron chi connectivity index (χ4n) is 5.30. The predicted molar refractivity (Wildman–Crippen MR) is 106 cm³/mol. The molecule has 0 aliphatic carbocycles. The Hall–Kier alpha value is -2.16. The Balaban J connectivity index is 1.48. The van der Waals surface area contributed by atoms with Gasteiger partial charge in [-0.15, -0.1) is 0 Å². The third-order valence-corrected chi connectivity index (χ3v) is 7.08. The first-order valence-electron chi connectivity index (χ1n) is 10.6. The smallest absolute Gasteiger partial charge is 0.340 e. The molecule has 8 nitrogen and oxygen atoms in total. The van der Waals surface area contributed by atoms with Crippen LogP contribution >= 0.6 is 0 Å². The summed E-state index contributed by atoms with van der Waals surface area (Å²) in [5.74, 6) is -1.11. The number of rotatable bonds is 3. The van der Waals surface area contributed by atoms with E-state index in [1.165, 1.54) is 0 Å². The number of nitrogens with one attached hydrogen (secondary N) is 2. The van der Waals surface area contributed by atoms with Gasteiger partial charge in [-0.3, -0.25) is 4.79 Å². The molecule has 4 fully saturated rings. The summed E-state index contributed by atoms with van der Waals surface area (Å²) in [6.07, 6.45) is 3.73. The normalized spacial score (nSPS) is 31.8. The Morgan fingerprint density at radius 2 is 1.83 bits per heavy atom. The molecule has 29 heavy (non-hydrogen) atoms. The van der Waals surface area contributed by atoms with Crippen molar-refractivity contribution in [3.63, 3.8) is 0 Å². The maximum atomic E-state index is 13.7. The second kappa shape index (κ2) is 7.27. The monoisotopic (exact) mass is 400 g/mol. The van der Waals surface area contributed by atoms with E-state index < -0.39 is 11.5 Å². The molecule has 5 aliphatic heterocycles. The number of aliphatic carboxylic acids is 1. The van der Waals surface area contributed by atoms with E-state index in [1.807, 2.05) is 18.2 Å². The van der Waals surface area contributed by atoms with Crippen molar-refractivity contribution >= 4 is 17.6 Å². The van der Waals surface area contributed by atoms with Crippen molar-refractivity contribution in [1.29, 1.82) is 0 Å². The lowest BCUT2D eigenvalue weighted by Gasteiger charge is -2.36. The van der Waals surface area contributed by atoms with Gasteiger partial charge >= 0.3 is 5.97 Å². The van der Waals surface area contributed by atoms with Gasteiger partial charge in [-0.1, -0.05) is 12.1 Å². The standard InChI is InChI=1S/C21H28N4O4/c26-19(25-10-9-24-7-3-16(25)4-8-24)21(20(27)28)17-2-1-15(13-18(17)22-23-21)14-5-11-29-12-6-14/h1-2,13-14,16,22-23H,3-12H2,(H,27,28). The molecule has 0 saturated carbocycles. The van der Waals surface area contributed by atoms with Gasteiger partial charge < -0.3 is 25.1 Å². The van der Waals surface area contributed by atoms with Crippen LogP contribution in [0.2, 0.25) is 0 Å². The lowest BCUT2D eigenvalue weighted by atomic mass is 9.85. The summed E-state index contributed by atoms with van der Waals surface area (Å²) < 4.78 is 5.45. The summed E-state index contributed by atoms with van der Waals surface area (Å²) in [6, 6.07) is 5.91.